The molecule has 7 aliphatic rings. The molecule has 0 aromatic carbocycles. The first-order valence-electron chi connectivity index (χ1n) is 15.9. The minimum Gasteiger partial charge on any atom is -1.00 e. The van der Waals surface area contributed by atoms with Gasteiger partial charge in [0.25, 0.3) is 0 Å². The Morgan fingerprint density at radius 1 is 0.800 bits per heavy atom. The van der Waals surface area contributed by atoms with Crippen molar-refractivity contribution in [2.75, 3.05) is 13.2 Å². The van der Waals surface area contributed by atoms with Gasteiger partial charge in [0.05, 0.1) is 0 Å². The van der Waals surface area contributed by atoms with E-state index in [-0.39, 0.29) is 58.4 Å². The van der Waals surface area contributed by atoms with Gasteiger partial charge in [0, 0.05) is 30.5 Å². The molecule has 2 atom stereocenters. The fraction of sp³-hybridized carbons (Fsp3) is 0.788. The fourth-order valence-electron chi connectivity index (χ4n) is 8.05. The molecule has 1 aliphatic heterocycles. The van der Waals surface area contributed by atoms with Crippen LogP contribution >= 0.6 is 67.8 Å². The summed E-state index contributed by atoms with van der Waals surface area (Å²) in [4.78, 5) is 9.15. The summed E-state index contributed by atoms with van der Waals surface area (Å²) in [6.07, 6.45) is 13.3. The molecule has 7 fully saturated rings. The Labute approximate surface area is 335 Å². The first-order valence-corrected chi connectivity index (χ1v) is 19.2. The van der Waals surface area contributed by atoms with E-state index >= 15 is 0 Å². The zero-order chi connectivity index (χ0) is 32.0. The monoisotopic (exact) mass is 992 g/mol. The van der Waals surface area contributed by atoms with E-state index in [1.165, 1.54) is 55.1 Å². The average molecular weight is 993 g/mol. The van der Waals surface area contributed by atoms with Crippen LogP contribution in [-0.4, -0.2) is 65.6 Å². The molecule has 2 aromatic rings. The first kappa shape index (κ1) is 42.7. The van der Waals surface area contributed by atoms with Crippen molar-refractivity contribution in [2.45, 2.75) is 130 Å². The normalized spacial score (nSPS) is 31.0. The Bertz CT molecular complexity index is 1220. The van der Waals surface area contributed by atoms with Gasteiger partial charge >= 0.3 is 23.1 Å². The van der Waals surface area contributed by atoms with Gasteiger partial charge in [0.2, 0.25) is 0 Å². The van der Waals surface area contributed by atoms with Crippen LogP contribution in [0.3, 0.4) is 0 Å². The van der Waals surface area contributed by atoms with Crippen molar-refractivity contribution in [1.82, 2.24) is 19.1 Å². The Kier molecular flexibility index (Phi) is 15.9. The summed E-state index contributed by atoms with van der Waals surface area (Å²) in [5, 5.41) is 20.7. The molecule has 252 valence electrons. The molecule has 7 nitrogen and oxygen atoms in total. The molecule has 6 aliphatic carbocycles. The van der Waals surface area contributed by atoms with E-state index in [1.54, 1.807) is 0 Å². The number of hydrogen-bond acceptors (Lipinski definition) is 5. The Hall–Kier alpha value is 1.55. The second-order valence-corrected chi connectivity index (χ2v) is 18.2. The SMILES string of the molecule is C1CCOC1.CC(C)C(O)c1nc(I)c(I)n1C12CC(C)(C1)C2.CC(C)C(O)c1nc(I)cn1C12CC(C)(C1)C2.C[CH-]C.[Cl-].[Mg+2]. The van der Waals surface area contributed by atoms with Gasteiger partial charge < -0.3 is 42.9 Å². The van der Waals surface area contributed by atoms with E-state index in [4.69, 9.17) is 4.74 Å². The van der Waals surface area contributed by atoms with Crippen LogP contribution in [0.2, 0.25) is 0 Å². The van der Waals surface area contributed by atoms with Gasteiger partial charge in [-0.2, -0.15) is 13.8 Å². The van der Waals surface area contributed by atoms with Gasteiger partial charge in [0.1, 0.15) is 35.0 Å². The smallest absolute Gasteiger partial charge is 1.00 e. The summed E-state index contributed by atoms with van der Waals surface area (Å²) in [5.74, 6) is 2.17. The minimum absolute atomic E-state index is 0. The topological polar surface area (TPSA) is 85.3 Å². The zero-order valence-electron chi connectivity index (χ0n) is 28.3. The number of nitrogens with zero attached hydrogens (tertiary/aromatic N) is 4. The second kappa shape index (κ2) is 16.7. The van der Waals surface area contributed by atoms with Crippen molar-refractivity contribution in [3.63, 3.8) is 0 Å². The van der Waals surface area contributed by atoms with Crippen LogP contribution in [0.25, 0.3) is 0 Å². The number of aromatic nitrogens is 4. The van der Waals surface area contributed by atoms with Crippen molar-refractivity contribution < 1.29 is 27.4 Å². The molecule has 45 heavy (non-hydrogen) atoms. The summed E-state index contributed by atoms with van der Waals surface area (Å²) in [6, 6.07) is 0. The molecule has 4 bridgehead atoms. The van der Waals surface area contributed by atoms with Crippen LogP contribution in [0.1, 0.15) is 131 Å². The van der Waals surface area contributed by atoms with Crippen LogP contribution in [0.15, 0.2) is 6.20 Å². The minimum atomic E-state index is -0.455. The predicted molar refractivity (Wildman–Crippen MR) is 204 cm³/mol. The molecule has 2 N–H and O–H groups in total. The van der Waals surface area contributed by atoms with Crippen LogP contribution < -0.4 is 12.4 Å². The molecule has 3 heterocycles. The number of hydrogen-bond donors (Lipinski definition) is 2. The third kappa shape index (κ3) is 8.89. The van der Waals surface area contributed by atoms with Crippen molar-refractivity contribution in [3.05, 3.63) is 35.4 Å². The molecule has 6 saturated carbocycles. The number of imidazole rings is 2. The number of aliphatic hydroxyl groups is 2. The molecule has 0 radical (unpaired) electrons. The van der Waals surface area contributed by atoms with Crippen LogP contribution in [0.4, 0.5) is 0 Å². The summed E-state index contributed by atoms with van der Waals surface area (Å²) < 4.78 is 12.8. The molecule has 2 unspecified atom stereocenters. The number of ether oxygens (including phenoxy) is 1. The molecular weight excluding hydrogens is 941 g/mol. The van der Waals surface area contributed by atoms with E-state index in [0.29, 0.717) is 10.8 Å². The van der Waals surface area contributed by atoms with Gasteiger partial charge in [-0.1, -0.05) is 41.5 Å². The average Bonchev–Trinajstić information content (AvgIpc) is 3.62. The van der Waals surface area contributed by atoms with E-state index < -0.39 is 12.2 Å². The quantitative estimate of drug-likeness (QED) is 0.230. The van der Waals surface area contributed by atoms with E-state index in [0.717, 1.165) is 32.3 Å². The predicted octanol–water partition coefficient (Wildman–Crippen LogP) is 5.41. The van der Waals surface area contributed by atoms with Gasteiger partial charge in [-0.15, -0.1) is 0 Å². The van der Waals surface area contributed by atoms with Gasteiger partial charge in [0.15, 0.2) is 0 Å². The number of halogens is 4. The first-order chi connectivity index (χ1) is 20.0. The maximum absolute atomic E-state index is 10.4. The summed E-state index contributed by atoms with van der Waals surface area (Å²) in [6.45, 7) is 18.9. The van der Waals surface area contributed by atoms with E-state index in [1.807, 2.05) is 48.0 Å². The second-order valence-electron chi connectivity index (χ2n) is 15.1. The van der Waals surface area contributed by atoms with Gasteiger partial charge in [-0.25, -0.2) is 9.97 Å². The molecule has 0 amide bonds. The molecule has 1 saturated heterocycles. The van der Waals surface area contributed by atoms with Crippen molar-refractivity contribution in [3.8, 4) is 0 Å². The van der Waals surface area contributed by atoms with Gasteiger partial charge in [-0.05, 0) is 142 Å². The summed E-state index contributed by atoms with van der Waals surface area (Å²) >= 11 is 6.90. The van der Waals surface area contributed by atoms with Crippen LogP contribution in [0.5, 0.6) is 0 Å². The third-order valence-electron chi connectivity index (χ3n) is 9.65. The third-order valence-corrected chi connectivity index (χ3v) is 12.9. The van der Waals surface area contributed by atoms with E-state index in [9.17, 15) is 10.2 Å². The molecule has 9 rings (SSSR count). The maximum Gasteiger partial charge on any atom is 2.00 e. The molecule has 12 heteroatoms. The molecule has 0 spiro atoms. The molecule has 2 aromatic heterocycles. The Morgan fingerprint density at radius 3 is 1.60 bits per heavy atom. The van der Waals surface area contributed by atoms with Crippen molar-refractivity contribution >= 4 is 90.8 Å². The standard InChI is InChI=1S/C13H18I2N2O.C13H19IN2O.C4H8O.C3H7.ClH.Mg/c1-7(2)8(18)11-16-9(14)10(15)17(11)13-4-12(3,5-13)6-13;1-8(2)10(17)11-15-9(14)4-16(11)13-5-12(3,6-13)7-13;1-2-4-5-3-1;1-3-2;;/h7-8,18H,4-6H2,1-3H3;4,8,10,17H,5-7H2,1-3H3;1-4H2;3H,1-2H3;1H;/q;;;-1;;+2/p-1. The Morgan fingerprint density at radius 2 is 1.22 bits per heavy atom. The molecular formula is C33H52ClI3MgN4O3. The van der Waals surface area contributed by atoms with Crippen molar-refractivity contribution in [1.29, 1.82) is 0 Å². The fourth-order valence-corrected chi connectivity index (χ4v) is 9.94. The summed E-state index contributed by atoms with van der Waals surface area (Å²) in [7, 11) is 0. The van der Waals surface area contributed by atoms with Crippen LogP contribution in [-0.2, 0) is 15.8 Å². The zero-order valence-corrected chi connectivity index (χ0v) is 37.0. The van der Waals surface area contributed by atoms with E-state index in [2.05, 4.69) is 107 Å². The van der Waals surface area contributed by atoms with Gasteiger partial charge in [-0.3, -0.25) is 0 Å². The number of rotatable bonds is 6. The Balaban J connectivity index is 0.000000244. The van der Waals surface area contributed by atoms with Crippen molar-refractivity contribution in [2.24, 2.45) is 22.7 Å². The number of aliphatic hydroxyl groups excluding tert-OH is 2. The van der Waals surface area contributed by atoms with Crippen LogP contribution in [0, 0.1) is 40.2 Å². The maximum atomic E-state index is 10.4. The largest absolute Gasteiger partial charge is 2.00 e. The summed E-state index contributed by atoms with van der Waals surface area (Å²) in [5.41, 5.74) is 1.71.